The molecular formula is C26H36N6O. The molecule has 0 saturated heterocycles. The number of pyridine rings is 1. The third kappa shape index (κ3) is 5.13. The highest BCUT2D eigenvalue weighted by molar-refractivity contribution is 5.93. The normalized spacial score (nSPS) is 18.8. The maximum atomic E-state index is 12.8. The van der Waals surface area contributed by atoms with Gasteiger partial charge in [0.05, 0.1) is 11.1 Å². The highest BCUT2D eigenvalue weighted by atomic mass is 16.2. The Kier molecular flexibility index (Phi) is 6.32. The molecule has 1 saturated carbocycles. The van der Waals surface area contributed by atoms with E-state index in [4.69, 9.17) is 4.98 Å². The van der Waals surface area contributed by atoms with Crippen LogP contribution in [0.25, 0.3) is 10.9 Å². The fourth-order valence-electron chi connectivity index (χ4n) is 4.72. The van der Waals surface area contributed by atoms with E-state index in [1.54, 1.807) is 0 Å². The maximum Gasteiger partial charge on any atom is 0.272 e. The van der Waals surface area contributed by atoms with Crippen LogP contribution in [0.15, 0.2) is 36.4 Å². The van der Waals surface area contributed by atoms with Crippen molar-refractivity contribution in [2.75, 3.05) is 24.3 Å². The SMILES string of the molecule is Cc1cc(C(=O)N[C@H]2CC[C@@H](Nc3cc(N(C)C)c4ccccc4n3)CC2)nn1C(C)(C)C. The first-order valence-electron chi connectivity index (χ1n) is 11.8. The largest absolute Gasteiger partial charge is 0.377 e. The Bertz CT molecular complexity index is 1140. The van der Waals surface area contributed by atoms with E-state index in [0.717, 1.165) is 53.8 Å². The predicted octanol–water partition coefficient (Wildman–Crippen LogP) is 4.71. The van der Waals surface area contributed by atoms with Gasteiger partial charge < -0.3 is 15.5 Å². The van der Waals surface area contributed by atoms with Crippen LogP contribution in [-0.2, 0) is 5.54 Å². The van der Waals surface area contributed by atoms with Gasteiger partial charge in [-0.25, -0.2) is 4.98 Å². The Morgan fingerprint density at radius 1 is 1.06 bits per heavy atom. The van der Waals surface area contributed by atoms with Gasteiger partial charge >= 0.3 is 0 Å². The minimum absolute atomic E-state index is 0.0793. The molecule has 3 aromatic rings. The lowest BCUT2D eigenvalue weighted by molar-refractivity contribution is 0.0920. The molecule has 33 heavy (non-hydrogen) atoms. The lowest BCUT2D eigenvalue weighted by Crippen LogP contribution is -2.40. The molecule has 1 aromatic carbocycles. The summed E-state index contributed by atoms with van der Waals surface area (Å²) in [6.07, 6.45) is 3.87. The number of fused-ring (bicyclic) bond motifs is 1. The van der Waals surface area contributed by atoms with Gasteiger partial charge in [-0.2, -0.15) is 5.10 Å². The molecule has 0 atom stereocenters. The maximum absolute atomic E-state index is 12.8. The highest BCUT2D eigenvalue weighted by Crippen LogP contribution is 2.29. The van der Waals surface area contributed by atoms with E-state index in [-0.39, 0.29) is 17.5 Å². The van der Waals surface area contributed by atoms with Gasteiger partial charge in [0.25, 0.3) is 5.91 Å². The Morgan fingerprint density at radius 3 is 2.36 bits per heavy atom. The van der Waals surface area contributed by atoms with Gasteiger partial charge in [0.1, 0.15) is 11.5 Å². The predicted molar refractivity (Wildman–Crippen MR) is 135 cm³/mol. The van der Waals surface area contributed by atoms with Crippen LogP contribution in [0.1, 0.15) is 62.6 Å². The first-order valence-corrected chi connectivity index (χ1v) is 11.8. The van der Waals surface area contributed by atoms with Crippen LogP contribution in [0.5, 0.6) is 0 Å². The zero-order chi connectivity index (χ0) is 23.8. The van der Waals surface area contributed by atoms with Crippen molar-refractivity contribution >= 4 is 28.3 Å². The van der Waals surface area contributed by atoms with Gasteiger partial charge in [-0.1, -0.05) is 18.2 Å². The Balaban J connectivity index is 1.36. The molecule has 0 aliphatic heterocycles. The molecule has 1 aliphatic carbocycles. The van der Waals surface area contributed by atoms with Crippen molar-refractivity contribution < 1.29 is 4.79 Å². The van der Waals surface area contributed by atoms with E-state index in [1.807, 2.05) is 23.7 Å². The molecule has 2 N–H and O–H groups in total. The topological polar surface area (TPSA) is 75.1 Å². The number of anilines is 2. The molecule has 7 heteroatoms. The molecule has 0 bridgehead atoms. The van der Waals surface area contributed by atoms with Crippen molar-refractivity contribution in [2.24, 2.45) is 0 Å². The molecule has 1 fully saturated rings. The summed E-state index contributed by atoms with van der Waals surface area (Å²) in [5.41, 5.74) is 3.52. The number of carbonyl (C=O) groups excluding carboxylic acids is 1. The van der Waals surface area contributed by atoms with Crippen LogP contribution in [0.3, 0.4) is 0 Å². The van der Waals surface area contributed by atoms with Crippen molar-refractivity contribution in [1.82, 2.24) is 20.1 Å². The van der Waals surface area contributed by atoms with Crippen LogP contribution in [-0.4, -0.2) is 46.9 Å². The van der Waals surface area contributed by atoms with E-state index in [2.05, 4.69) is 79.8 Å². The second-order valence-electron chi connectivity index (χ2n) is 10.4. The zero-order valence-electron chi connectivity index (χ0n) is 20.6. The quantitative estimate of drug-likeness (QED) is 0.591. The van der Waals surface area contributed by atoms with Gasteiger partial charge in [-0.3, -0.25) is 9.48 Å². The van der Waals surface area contributed by atoms with Crippen molar-refractivity contribution in [3.8, 4) is 0 Å². The standard InChI is InChI=1S/C26H36N6O/c1-17-15-22(30-32(17)26(2,3)4)25(33)28-19-13-11-18(12-14-19)27-24-16-23(31(5)6)20-9-7-8-10-21(20)29-24/h7-10,15-16,18-19H,11-14H2,1-6H3,(H,27,29)(H,28,33)/t18-,19+. The van der Waals surface area contributed by atoms with Gasteiger partial charge in [0, 0.05) is 49.0 Å². The number of benzene rings is 1. The molecule has 1 aliphatic rings. The molecule has 176 valence electrons. The van der Waals surface area contributed by atoms with E-state index >= 15 is 0 Å². The van der Waals surface area contributed by atoms with Gasteiger partial charge in [0.15, 0.2) is 0 Å². The fourth-order valence-corrected chi connectivity index (χ4v) is 4.72. The molecule has 0 unspecified atom stereocenters. The van der Waals surface area contributed by atoms with Crippen LogP contribution in [0, 0.1) is 6.92 Å². The summed E-state index contributed by atoms with van der Waals surface area (Å²) < 4.78 is 1.92. The average Bonchev–Trinajstić information content (AvgIpc) is 3.17. The summed E-state index contributed by atoms with van der Waals surface area (Å²) >= 11 is 0. The number of para-hydroxylation sites is 1. The third-order valence-corrected chi connectivity index (χ3v) is 6.35. The number of carbonyl (C=O) groups is 1. The molecule has 7 nitrogen and oxygen atoms in total. The second-order valence-corrected chi connectivity index (χ2v) is 10.4. The van der Waals surface area contributed by atoms with Crippen LogP contribution in [0.2, 0.25) is 0 Å². The molecule has 2 heterocycles. The van der Waals surface area contributed by atoms with Crippen molar-refractivity contribution in [1.29, 1.82) is 0 Å². The Hall–Kier alpha value is -3.09. The molecule has 2 aromatic heterocycles. The number of aryl methyl sites for hydroxylation is 1. The van der Waals surface area contributed by atoms with Gasteiger partial charge in [-0.05, 0) is 65.5 Å². The monoisotopic (exact) mass is 448 g/mol. The number of nitrogens with one attached hydrogen (secondary N) is 2. The summed E-state index contributed by atoms with van der Waals surface area (Å²) in [7, 11) is 4.12. The van der Waals surface area contributed by atoms with Crippen molar-refractivity contribution in [3.63, 3.8) is 0 Å². The molecule has 0 spiro atoms. The van der Waals surface area contributed by atoms with Gasteiger partial charge in [0.2, 0.25) is 0 Å². The number of aromatic nitrogens is 3. The summed E-state index contributed by atoms with van der Waals surface area (Å²) in [4.78, 5) is 19.7. The van der Waals surface area contributed by atoms with Crippen LogP contribution >= 0.6 is 0 Å². The minimum atomic E-state index is -0.143. The third-order valence-electron chi connectivity index (χ3n) is 6.35. The van der Waals surface area contributed by atoms with Crippen LogP contribution < -0.4 is 15.5 Å². The van der Waals surface area contributed by atoms with E-state index in [9.17, 15) is 4.79 Å². The number of nitrogens with zero attached hydrogens (tertiary/aromatic N) is 4. The minimum Gasteiger partial charge on any atom is -0.377 e. The average molecular weight is 449 g/mol. The highest BCUT2D eigenvalue weighted by Gasteiger charge is 2.25. The Labute approximate surface area is 196 Å². The lowest BCUT2D eigenvalue weighted by atomic mass is 9.91. The summed E-state index contributed by atoms with van der Waals surface area (Å²) in [6.45, 7) is 8.27. The van der Waals surface area contributed by atoms with Crippen molar-refractivity contribution in [3.05, 3.63) is 47.8 Å². The Morgan fingerprint density at radius 2 is 1.73 bits per heavy atom. The van der Waals surface area contributed by atoms with E-state index in [1.165, 1.54) is 0 Å². The van der Waals surface area contributed by atoms with Crippen LogP contribution in [0.4, 0.5) is 11.5 Å². The molecule has 1 amide bonds. The number of hydrogen-bond acceptors (Lipinski definition) is 5. The smallest absolute Gasteiger partial charge is 0.272 e. The summed E-state index contributed by atoms with van der Waals surface area (Å²) in [5.74, 6) is 0.831. The van der Waals surface area contributed by atoms with Gasteiger partial charge in [-0.15, -0.1) is 0 Å². The summed E-state index contributed by atoms with van der Waals surface area (Å²) in [6, 6.07) is 12.8. The zero-order valence-corrected chi connectivity index (χ0v) is 20.6. The summed E-state index contributed by atoms with van der Waals surface area (Å²) in [5, 5.41) is 12.5. The molecule has 4 rings (SSSR count). The second kappa shape index (κ2) is 9.04. The fraction of sp³-hybridized carbons (Fsp3) is 0.500. The molecular weight excluding hydrogens is 412 g/mol. The number of hydrogen-bond donors (Lipinski definition) is 2. The van der Waals surface area contributed by atoms with Crippen molar-refractivity contribution in [2.45, 2.75) is 71.0 Å². The van der Waals surface area contributed by atoms with E-state index in [0.29, 0.717) is 11.7 Å². The first-order chi connectivity index (χ1) is 15.6. The number of amides is 1. The van der Waals surface area contributed by atoms with E-state index < -0.39 is 0 Å². The number of rotatable bonds is 5. The molecule has 0 radical (unpaired) electrons. The first kappa shape index (κ1) is 23.1. The lowest BCUT2D eigenvalue weighted by Gasteiger charge is -2.30.